The lowest BCUT2D eigenvalue weighted by molar-refractivity contribution is -0.123. The first-order valence-corrected chi connectivity index (χ1v) is 6.86. The Kier molecular flexibility index (Phi) is 8.61. The van der Waals surface area contributed by atoms with Crippen LogP contribution in [0.3, 0.4) is 0 Å². The lowest BCUT2D eigenvalue weighted by atomic mass is 10.2. The quantitative estimate of drug-likeness (QED) is 0.481. The third kappa shape index (κ3) is 7.87. The molecule has 0 saturated heterocycles. The van der Waals surface area contributed by atoms with E-state index in [1.807, 2.05) is 6.26 Å². The summed E-state index contributed by atoms with van der Waals surface area (Å²) in [7, 11) is 0. The third-order valence-electron chi connectivity index (χ3n) is 2.19. The van der Waals surface area contributed by atoms with Crippen molar-refractivity contribution in [2.75, 3.05) is 18.6 Å². The highest BCUT2D eigenvalue weighted by molar-refractivity contribution is 7.98. The maximum absolute atomic E-state index is 11.8. The number of nitrogens with two attached hydrogens (primary N) is 1. The Morgan fingerprint density at radius 2 is 2.00 bits per heavy atom. The number of amides is 3. The van der Waals surface area contributed by atoms with Crippen molar-refractivity contribution in [3.8, 4) is 0 Å². The highest BCUT2D eigenvalue weighted by Gasteiger charge is 2.20. The topological polar surface area (TPSA) is 104 Å². The largest absolute Gasteiger partial charge is 0.396 e. The fraction of sp³-hybridized carbons (Fsp3) is 0.800. The molecule has 0 rings (SSSR count). The van der Waals surface area contributed by atoms with E-state index in [1.165, 1.54) is 0 Å². The Balaban J connectivity index is 4.25. The van der Waals surface area contributed by atoms with E-state index in [-0.39, 0.29) is 18.6 Å². The molecular weight excluding hydrogens is 242 g/mol. The summed E-state index contributed by atoms with van der Waals surface area (Å²) in [6.07, 6.45) is 2.94. The molecule has 0 aliphatic heterocycles. The normalized spacial score (nSPS) is 13.8. The van der Waals surface area contributed by atoms with E-state index < -0.39 is 12.1 Å². The van der Waals surface area contributed by atoms with Gasteiger partial charge in [-0.25, -0.2) is 4.79 Å². The van der Waals surface area contributed by atoms with Gasteiger partial charge in [0.2, 0.25) is 5.91 Å². The summed E-state index contributed by atoms with van der Waals surface area (Å²) in [6, 6.07) is -1.44. The molecule has 0 saturated carbocycles. The first-order valence-electron chi connectivity index (χ1n) is 5.47. The number of carbonyl (C=O) groups excluding carboxylic acids is 2. The number of hydrogen-bond acceptors (Lipinski definition) is 4. The second kappa shape index (κ2) is 9.12. The average Bonchev–Trinajstić information content (AvgIpc) is 2.23. The van der Waals surface area contributed by atoms with Gasteiger partial charge in [-0.2, -0.15) is 11.8 Å². The van der Waals surface area contributed by atoms with Crippen LogP contribution in [0.15, 0.2) is 0 Å². The summed E-state index contributed by atoms with van der Waals surface area (Å²) in [5.74, 6) is 0.492. The number of rotatable bonds is 8. The fourth-order valence-corrected chi connectivity index (χ4v) is 1.76. The van der Waals surface area contributed by atoms with Gasteiger partial charge in [-0.05, 0) is 31.8 Å². The van der Waals surface area contributed by atoms with E-state index in [0.29, 0.717) is 12.8 Å². The molecule has 17 heavy (non-hydrogen) atoms. The lowest BCUT2D eigenvalue weighted by Crippen LogP contribution is -2.50. The maximum atomic E-state index is 11.8. The molecule has 3 amide bonds. The minimum atomic E-state index is -0.707. The third-order valence-corrected chi connectivity index (χ3v) is 2.84. The zero-order valence-electron chi connectivity index (χ0n) is 10.2. The SMILES string of the molecule is CSCCC(NC(N)=O)C(=O)NC(C)CCO. The van der Waals surface area contributed by atoms with Crippen LogP contribution in [0.25, 0.3) is 0 Å². The lowest BCUT2D eigenvalue weighted by Gasteiger charge is -2.20. The van der Waals surface area contributed by atoms with Crippen molar-refractivity contribution in [3.05, 3.63) is 0 Å². The maximum Gasteiger partial charge on any atom is 0.312 e. The molecule has 2 atom stereocenters. The van der Waals surface area contributed by atoms with E-state index in [0.717, 1.165) is 5.75 Å². The van der Waals surface area contributed by atoms with Crippen LogP contribution >= 0.6 is 11.8 Å². The van der Waals surface area contributed by atoms with Gasteiger partial charge in [0.15, 0.2) is 0 Å². The van der Waals surface area contributed by atoms with Crippen LogP contribution in [0.1, 0.15) is 19.8 Å². The molecule has 0 aromatic heterocycles. The van der Waals surface area contributed by atoms with Gasteiger partial charge < -0.3 is 21.5 Å². The molecule has 7 heteroatoms. The molecule has 0 heterocycles. The van der Waals surface area contributed by atoms with Crippen molar-refractivity contribution >= 4 is 23.7 Å². The van der Waals surface area contributed by atoms with E-state index in [2.05, 4.69) is 10.6 Å². The number of nitrogens with one attached hydrogen (secondary N) is 2. The van der Waals surface area contributed by atoms with E-state index >= 15 is 0 Å². The van der Waals surface area contributed by atoms with E-state index in [1.54, 1.807) is 18.7 Å². The van der Waals surface area contributed by atoms with Crippen LogP contribution in [0.4, 0.5) is 4.79 Å². The van der Waals surface area contributed by atoms with Crippen LogP contribution < -0.4 is 16.4 Å². The highest BCUT2D eigenvalue weighted by Crippen LogP contribution is 2.02. The Bertz CT molecular complexity index is 251. The molecule has 5 N–H and O–H groups in total. The van der Waals surface area contributed by atoms with Crippen molar-refractivity contribution in [2.45, 2.75) is 31.8 Å². The van der Waals surface area contributed by atoms with Crippen molar-refractivity contribution in [3.63, 3.8) is 0 Å². The molecule has 0 bridgehead atoms. The fourth-order valence-electron chi connectivity index (χ4n) is 1.29. The van der Waals surface area contributed by atoms with Gasteiger partial charge >= 0.3 is 6.03 Å². The van der Waals surface area contributed by atoms with Crippen molar-refractivity contribution in [1.82, 2.24) is 10.6 Å². The first-order chi connectivity index (χ1) is 8.01. The van der Waals surface area contributed by atoms with Gasteiger partial charge in [0.1, 0.15) is 6.04 Å². The summed E-state index contributed by atoms with van der Waals surface area (Å²) in [4.78, 5) is 22.6. The number of carbonyl (C=O) groups is 2. The summed E-state index contributed by atoms with van der Waals surface area (Å²) in [5.41, 5.74) is 5.02. The summed E-state index contributed by atoms with van der Waals surface area (Å²) < 4.78 is 0. The average molecular weight is 263 g/mol. The molecule has 100 valence electrons. The molecule has 0 radical (unpaired) electrons. The molecule has 0 aliphatic rings. The van der Waals surface area contributed by atoms with Crippen LogP contribution in [0.2, 0.25) is 0 Å². The zero-order valence-corrected chi connectivity index (χ0v) is 11.0. The standard InChI is InChI=1S/C10H21N3O3S/c1-7(3-5-14)12-9(15)8(4-6-17-2)13-10(11)16/h7-8,14H,3-6H2,1-2H3,(H,12,15)(H3,11,13,16). The van der Waals surface area contributed by atoms with Gasteiger partial charge in [-0.15, -0.1) is 0 Å². The Labute approximate surface area is 106 Å². The van der Waals surface area contributed by atoms with E-state index in [4.69, 9.17) is 10.8 Å². The molecule has 0 aliphatic carbocycles. The molecule has 0 aromatic carbocycles. The van der Waals surface area contributed by atoms with Gasteiger partial charge in [0.25, 0.3) is 0 Å². The minimum absolute atomic E-state index is 0.0141. The van der Waals surface area contributed by atoms with Crippen LogP contribution in [-0.2, 0) is 4.79 Å². The van der Waals surface area contributed by atoms with Crippen molar-refractivity contribution < 1.29 is 14.7 Å². The zero-order chi connectivity index (χ0) is 13.3. The molecule has 0 spiro atoms. The summed E-state index contributed by atoms with van der Waals surface area (Å²) >= 11 is 1.59. The van der Waals surface area contributed by atoms with Gasteiger partial charge in [0, 0.05) is 12.6 Å². The van der Waals surface area contributed by atoms with Crippen molar-refractivity contribution in [2.24, 2.45) is 5.73 Å². The van der Waals surface area contributed by atoms with Crippen molar-refractivity contribution in [1.29, 1.82) is 0 Å². The van der Waals surface area contributed by atoms with E-state index in [9.17, 15) is 9.59 Å². The summed E-state index contributed by atoms with van der Waals surface area (Å²) in [6.45, 7) is 1.81. The second-order valence-electron chi connectivity index (χ2n) is 3.76. The molecule has 0 aromatic rings. The second-order valence-corrected chi connectivity index (χ2v) is 4.75. The number of aliphatic hydroxyl groups excluding tert-OH is 1. The predicted octanol–water partition coefficient (Wildman–Crippen LogP) is -0.336. The van der Waals surface area contributed by atoms with Gasteiger partial charge in [-0.1, -0.05) is 0 Å². The van der Waals surface area contributed by atoms with Crippen LogP contribution in [0, 0.1) is 0 Å². The highest BCUT2D eigenvalue weighted by atomic mass is 32.2. The Morgan fingerprint density at radius 3 is 2.47 bits per heavy atom. The van der Waals surface area contributed by atoms with Gasteiger partial charge in [0.05, 0.1) is 0 Å². The van der Waals surface area contributed by atoms with Gasteiger partial charge in [-0.3, -0.25) is 4.79 Å². The number of urea groups is 1. The summed E-state index contributed by atoms with van der Waals surface area (Å²) in [5, 5.41) is 13.9. The Morgan fingerprint density at radius 1 is 1.35 bits per heavy atom. The number of hydrogen-bond donors (Lipinski definition) is 4. The number of aliphatic hydroxyl groups is 1. The van der Waals surface area contributed by atoms with Crippen LogP contribution in [0.5, 0.6) is 0 Å². The first kappa shape index (κ1) is 16.1. The minimum Gasteiger partial charge on any atom is -0.396 e. The predicted molar refractivity (Wildman–Crippen MR) is 68.8 cm³/mol. The number of primary amides is 1. The molecule has 6 nitrogen and oxygen atoms in total. The number of thioether (sulfide) groups is 1. The molecule has 0 fully saturated rings. The molecular formula is C10H21N3O3S. The smallest absolute Gasteiger partial charge is 0.312 e. The monoisotopic (exact) mass is 263 g/mol. The molecule has 2 unspecified atom stereocenters. The van der Waals surface area contributed by atoms with Crippen LogP contribution in [-0.4, -0.2) is 47.7 Å². The Hall–Kier alpha value is -0.950.